The normalized spacial score (nSPS) is 11.1. The van der Waals surface area contributed by atoms with Gasteiger partial charge >= 0.3 is 0 Å². The SMILES string of the molecule is CN(C)CCNc1cccc2nccn12. The Labute approximate surface area is 89.5 Å². The van der Waals surface area contributed by atoms with Gasteiger partial charge in [-0.05, 0) is 26.2 Å². The summed E-state index contributed by atoms with van der Waals surface area (Å²) in [6.07, 6.45) is 3.78. The maximum atomic E-state index is 4.24. The van der Waals surface area contributed by atoms with E-state index < -0.39 is 0 Å². The molecule has 0 aromatic carbocycles. The summed E-state index contributed by atoms with van der Waals surface area (Å²) in [6.45, 7) is 1.95. The molecule has 2 heterocycles. The predicted molar refractivity (Wildman–Crippen MR) is 62.2 cm³/mol. The fourth-order valence-corrected chi connectivity index (χ4v) is 1.50. The van der Waals surface area contributed by atoms with Crippen molar-refractivity contribution in [1.29, 1.82) is 0 Å². The van der Waals surface area contributed by atoms with Gasteiger partial charge in [0.15, 0.2) is 0 Å². The lowest BCUT2D eigenvalue weighted by Gasteiger charge is -2.12. The van der Waals surface area contributed by atoms with Gasteiger partial charge in [-0.1, -0.05) is 6.07 Å². The van der Waals surface area contributed by atoms with Crippen LogP contribution in [0.15, 0.2) is 30.6 Å². The van der Waals surface area contributed by atoms with Crippen molar-refractivity contribution in [2.75, 3.05) is 32.5 Å². The van der Waals surface area contributed by atoms with Gasteiger partial charge in [-0.15, -0.1) is 0 Å². The molecule has 80 valence electrons. The van der Waals surface area contributed by atoms with Gasteiger partial charge in [-0.2, -0.15) is 0 Å². The quantitative estimate of drug-likeness (QED) is 0.815. The Morgan fingerprint density at radius 2 is 2.27 bits per heavy atom. The number of anilines is 1. The second kappa shape index (κ2) is 4.31. The lowest BCUT2D eigenvalue weighted by molar-refractivity contribution is 0.425. The van der Waals surface area contributed by atoms with Crippen LogP contribution in [0.1, 0.15) is 0 Å². The molecule has 2 aromatic heterocycles. The van der Waals surface area contributed by atoms with Crippen LogP contribution in [-0.4, -0.2) is 41.5 Å². The molecule has 15 heavy (non-hydrogen) atoms. The molecule has 0 aliphatic heterocycles. The van der Waals surface area contributed by atoms with E-state index in [1.54, 1.807) is 0 Å². The molecule has 4 nitrogen and oxygen atoms in total. The molecule has 0 aliphatic rings. The summed E-state index contributed by atoms with van der Waals surface area (Å²) in [4.78, 5) is 6.39. The van der Waals surface area contributed by atoms with Gasteiger partial charge < -0.3 is 10.2 Å². The standard InChI is InChI=1S/C11H16N4/c1-14(2)8-6-12-10-4-3-5-11-13-7-9-15(10)11/h3-5,7,9,12H,6,8H2,1-2H3. The van der Waals surface area contributed by atoms with Crippen LogP contribution in [-0.2, 0) is 0 Å². The number of hydrogen-bond acceptors (Lipinski definition) is 3. The van der Waals surface area contributed by atoms with Crippen molar-refractivity contribution in [3.8, 4) is 0 Å². The van der Waals surface area contributed by atoms with Gasteiger partial charge in [0.05, 0.1) is 0 Å². The van der Waals surface area contributed by atoms with E-state index in [0.29, 0.717) is 0 Å². The van der Waals surface area contributed by atoms with E-state index in [0.717, 1.165) is 24.6 Å². The topological polar surface area (TPSA) is 32.6 Å². The molecule has 0 bridgehead atoms. The van der Waals surface area contributed by atoms with Crippen LogP contribution in [0.5, 0.6) is 0 Å². The highest BCUT2D eigenvalue weighted by molar-refractivity contribution is 5.49. The molecule has 0 fully saturated rings. The number of hydrogen-bond donors (Lipinski definition) is 1. The summed E-state index contributed by atoms with van der Waals surface area (Å²) in [5.41, 5.74) is 0.977. The molecule has 0 aliphatic carbocycles. The summed E-state index contributed by atoms with van der Waals surface area (Å²) in [6, 6.07) is 6.07. The van der Waals surface area contributed by atoms with Crippen molar-refractivity contribution in [3.63, 3.8) is 0 Å². The number of fused-ring (bicyclic) bond motifs is 1. The van der Waals surface area contributed by atoms with Crippen molar-refractivity contribution in [2.45, 2.75) is 0 Å². The highest BCUT2D eigenvalue weighted by Crippen LogP contribution is 2.10. The molecule has 0 radical (unpaired) electrons. The molecule has 0 amide bonds. The minimum atomic E-state index is 0.935. The van der Waals surface area contributed by atoms with Crippen LogP contribution in [0, 0.1) is 0 Å². The van der Waals surface area contributed by atoms with Gasteiger partial charge in [-0.3, -0.25) is 4.40 Å². The van der Waals surface area contributed by atoms with Crippen LogP contribution in [0.2, 0.25) is 0 Å². The Bertz CT molecular complexity index is 433. The van der Waals surface area contributed by atoms with E-state index in [4.69, 9.17) is 0 Å². The number of imidazole rings is 1. The zero-order chi connectivity index (χ0) is 10.7. The predicted octanol–water partition coefficient (Wildman–Crippen LogP) is 1.31. The van der Waals surface area contributed by atoms with Gasteiger partial charge in [0, 0.05) is 25.5 Å². The Balaban J connectivity index is 2.10. The summed E-state index contributed by atoms with van der Waals surface area (Å²) in [7, 11) is 4.14. The molecular formula is C11H16N4. The minimum absolute atomic E-state index is 0.935. The first-order chi connectivity index (χ1) is 7.27. The molecule has 2 rings (SSSR count). The molecule has 1 N–H and O–H groups in total. The Morgan fingerprint density at radius 3 is 3.07 bits per heavy atom. The smallest absolute Gasteiger partial charge is 0.138 e. The molecule has 4 heteroatoms. The number of rotatable bonds is 4. The average molecular weight is 204 g/mol. The van der Waals surface area contributed by atoms with Crippen molar-refractivity contribution in [3.05, 3.63) is 30.6 Å². The van der Waals surface area contributed by atoms with E-state index in [9.17, 15) is 0 Å². The Hall–Kier alpha value is -1.55. The van der Waals surface area contributed by atoms with Gasteiger partial charge in [0.25, 0.3) is 0 Å². The lowest BCUT2D eigenvalue weighted by atomic mass is 10.4. The van der Waals surface area contributed by atoms with Crippen LogP contribution >= 0.6 is 0 Å². The van der Waals surface area contributed by atoms with Crippen LogP contribution in [0.3, 0.4) is 0 Å². The highest BCUT2D eigenvalue weighted by Gasteiger charge is 1.98. The number of nitrogens with zero attached hydrogens (tertiary/aromatic N) is 3. The number of aromatic nitrogens is 2. The van der Waals surface area contributed by atoms with Gasteiger partial charge in [0.1, 0.15) is 11.5 Å². The maximum absolute atomic E-state index is 4.24. The van der Waals surface area contributed by atoms with Crippen molar-refractivity contribution in [2.24, 2.45) is 0 Å². The average Bonchev–Trinajstić information content (AvgIpc) is 2.65. The summed E-state index contributed by atoms with van der Waals surface area (Å²) in [5.74, 6) is 1.09. The zero-order valence-corrected chi connectivity index (χ0v) is 9.14. The Kier molecular flexibility index (Phi) is 2.87. The number of nitrogens with one attached hydrogen (secondary N) is 1. The third kappa shape index (κ3) is 2.27. The first-order valence-electron chi connectivity index (χ1n) is 5.08. The fraction of sp³-hybridized carbons (Fsp3) is 0.364. The first kappa shape index (κ1) is 9.98. The van der Waals surface area contributed by atoms with Crippen molar-refractivity contribution < 1.29 is 0 Å². The maximum Gasteiger partial charge on any atom is 0.138 e. The summed E-state index contributed by atoms with van der Waals surface area (Å²) < 4.78 is 2.05. The third-order valence-electron chi connectivity index (χ3n) is 2.29. The summed E-state index contributed by atoms with van der Waals surface area (Å²) in [5, 5.41) is 3.39. The van der Waals surface area contributed by atoms with Crippen molar-refractivity contribution in [1.82, 2.24) is 14.3 Å². The molecule has 0 spiro atoms. The van der Waals surface area contributed by atoms with E-state index in [1.807, 2.05) is 24.5 Å². The summed E-state index contributed by atoms with van der Waals surface area (Å²) >= 11 is 0. The lowest BCUT2D eigenvalue weighted by Crippen LogP contribution is -2.21. The molecule has 2 aromatic rings. The fourth-order valence-electron chi connectivity index (χ4n) is 1.50. The van der Waals surface area contributed by atoms with Crippen LogP contribution in [0.25, 0.3) is 5.65 Å². The second-order valence-electron chi connectivity index (χ2n) is 3.80. The highest BCUT2D eigenvalue weighted by atomic mass is 15.1. The Morgan fingerprint density at radius 1 is 1.40 bits per heavy atom. The molecular weight excluding hydrogens is 188 g/mol. The van der Waals surface area contributed by atoms with E-state index >= 15 is 0 Å². The number of likely N-dealkylation sites (N-methyl/N-ethyl adjacent to an activating group) is 1. The molecule has 0 atom stereocenters. The minimum Gasteiger partial charge on any atom is -0.370 e. The molecule has 0 unspecified atom stereocenters. The van der Waals surface area contributed by atoms with Gasteiger partial charge in [0.2, 0.25) is 0 Å². The van der Waals surface area contributed by atoms with E-state index in [2.05, 4.69) is 39.8 Å². The van der Waals surface area contributed by atoms with Gasteiger partial charge in [-0.25, -0.2) is 4.98 Å². The van der Waals surface area contributed by atoms with Crippen molar-refractivity contribution >= 4 is 11.5 Å². The van der Waals surface area contributed by atoms with E-state index in [1.165, 1.54) is 0 Å². The zero-order valence-electron chi connectivity index (χ0n) is 9.14. The van der Waals surface area contributed by atoms with Crippen LogP contribution < -0.4 is 5.32 Å². The molecule has 0 saturated carbocycles. The first-order valence-corrected chi connectivity index (χ1v) is 5.08. The van der Waals surface area contributed by atoms with E-state index in [-0.39, 0.29) is 0 Å². The monoisotopic (exact) mass is 204 g/mol. The third-order valence-corrected chi connectivity index (χ3v) is 2.29. The molecule has 0 saturated heterocycles. The largest absolute Gasteiger partial charge is 0.370 e. The second-order valence-corrected chi connectivity index (χ2v) is 3.80. The van der Waals surface area contributed by atoms with Crippen LogP contribution in [0.4, 0.5) is 5.82 Å². The number of pyridine rings is 1.